The first-order valence-corrected chi connectivity index (χ1v) is 6.78. The first-order valence-electron chi connectivity index (χ1n) is 6.78. The van der Waals surface area contributed by atoms with Crippen molar-refractivity contribution in [3.8, 4) is 11.5 Å². The molecule has 0 aromatic heterocycles. The summed E-state index contributed by atoms with van der Waals surface area (Å²) < 4.78 is 15.1. The molecule has 1 aromatic rings. The van der Waals surface area contributed by atoms with Gasteiger partial charge in [-0.1, -0.05) is 6.07 Å². The first-order chi connectivity index (χ1) is 10.9. The minimum absolute atomic E-state index is 0.152. The van der Waals surface area contributed by atoms with Gasteiger partial charge in [-0.25, -0.2) is 4.79 Å². The molecule has 1 saturated heterocycles. The highest BCUT2D eigenvalue weighted by molar-refractivity contribution is 5.95. The zero-order valence-corrected chi connectivity index (χ0v) is 12.2. The largest absolute Gasteiger partial charge is 0.507 e. The van der Waals surface area contributed by atoms with Gasteiger partial charge in [0.05, 0.1) is 13.7 Å². The van der Waals surface area contributed by atoms with Crippen LogP contribution in [-0.2, 0) is 9.47 Å². The molecule has 0 saturated carbocycles. The Morgan fingerprint density at radius 3 is 2.52 bits per heavy atom. The van der Waals surface area contributed by atoms with Gasteiger partial charge in [-0.05, 0) is 12.1 Å². The minimum atomic E-state index is -1.64. The van der Waals surface area contributed by atoms with Crippen molar-refractivity contribution in [2.24, 2.45) is 0 Å². The fraction of sp³-hybridized carbons (Fsp3) is 0.500. The van der Waals surface area contributed by atoms with Gasteiger partial charge >= 0.3 is 5.97 Å². The first kappa shape index (κ1) is 17.4. The van der Waals surface area contributed by atoms with Gasteiger partial charge in [0.15, 0.2) is 0 Å². The van der Waals surface area contributed by atoms with E-state index in [4.69, 9.17) is 14.6 Å². The average Bonchev–Trinajstić information content (AvgIpc) is 2.54. The summed E-state index contributed by atoms with van der Waals surface area (Å²) in [4.78, 5) is 11.7. The lowest BCUT2D eigenvalue weighted by molar-refractivity contribution is -0.277. The maximum absolute atomic E-state index is 11.7. The SMILES string of the molecule is COC(=O)c1c(O)cccc1O[C@@H]1O[C@H](CO)[C@@H](O)[C@H](O)[C@H]1O. The Labute approximate surface area is 131 Å². The second-order valence-electron chi connectivity index (χ2n) is 4.96. The Hall–Kier alpha value is -1.91. The van der Waals surface area contributed by atoms with Crippen LogP contribution in [0.15, 0.2) is 18.2 Å². The Kier molecular flexibility index (Phi) is 5.39. The molecule has 1 aromatic carbocycles. The lowest BCUT2D eigenvalue weighted by atomic mass is 9.99. The summed E-state index contributed by atoms with van der Waals surface area (Å²) in [5.74, 6) is -1.43. The molecular weight excluding hydrogens is 312 g/mol. The predicted octanol–water partition coefficient (Wildman–Crippen LogP) is -1.64. The molecule has 1 heterocycles. The number of aromatic hydroxyl groups is 1. The van der Waals surface area contributed by atoms with Gasteiger partial charge < -0.3 is 39.7 Å². The minimum Gasteiger partial charge on any atom is -0.507 e. The van der Waals surface area contributed by atoms with E-state index in [1.54, 1.807) is 0 Å². The molecule has 0 spiro atoms. The van der Waals surface area contributed by atoms with E-state index in [-0.39, 0.29) is 11.3 Å². The van der Waals surface area contributed by atoms with Crippen LogP contribution in [0.25, 0.3) is 0 Å². The number of esters is 1. The molecule has 0 amide bonds. The van der Waals surface area contributed by atoms with Crippen molar-refractivity contribution < 1.29 is 44.5 Å². The van der Waals surface area contributed by atoms with E-state index in [9.17, 15) is 25.2 Å². The van der Waals surface area contributed by atoms with Crippen molar-refractivity contribution >= 4 is 5.97 Å². The summed E-state index contributed by atoms with van der Waals surface area (Å²) in [5, 5.41) is 48.2. The quantitative estimate of drug-likeness (QED) is 0.410. The fourth-order valence-electron chi connectivity index (χ4n) is 2.21. The average molecular weight is 330 g/mol. The van der Waals surface area contributed by atoms with Gasteiger partial charge in [-0.3, -0.25) is 0 Å². The summed E-state index contributed by atoms with van der Waals surface area (Å²) in [6.07, 6.45) is -7.42. The van der Waals surface area contributed by atoms with Crippen LogP contribution in [0.4, 0.5) is 0 Å². The molecule has 2 rings (SSSR count). The molecule has 128 valence electrons. The highest BCUT2D eigenvalue weighted by atomic mass is 16.7. The number of phenolic OH excluding ortho intramolecular Hbond substituents is 1. The zero-order valence-electron chi connectivity index (χ0n) is 12.2. The standard InChI is InChI=1S/C14H18O9/c1-21-13(20)9-6(16)3-2-4-7(9)22-14-12(19)11(18)10(17)8(5-15)23-14/h2-4,8,10-12,14-19H,5H2,1H3/t8-,10-,11+,12-,14-/m1/s1. The van der Waals surface area contributed by atoms with E-state index in [1.807, 2.05) is 0 Å². The Morgan fingerprint density at radius 1 is 1.22 bits per heavy atom. The van der Waals surface area contributed by atoms with E-state index in [1.165, 1.54) is 18.2 Å². The number of phenols is 1. The van der Waals surface area contributed by atoms with Gasteiger partial charge in [0.2, 0.25) is 6.29 Å². The van der Waals surface area contributed by atoms with E-state index >= 15 is 0 Å². The topological polar surface area (TPSA) is 146 Å². The van der Waals surface area contributed by atoms with Crippen LogP contribution in [0.2, 0.25) is 0 Å². The van der Waals surface area contributed by atoms with Crippen LogP contribution in [0.1, 0.15) is 10.4 Å². The summed E-state index contributed by atoms with van der Waals surface area (Å²) in [7, 11) is 1.12. The normalized spacial score (nSPS) is 30.7. The van der Waals surface area contributed by atoms with Gasteiger partial charge in [0.25, 0.3) is 0 Å². The predicted molar refractivity (Wildman–Crippen MR) is 73.8 cm³/mol. The summed E-state index contributed by atoms with van der Waals surface area (Å²) >= 11 is 0. The van der Waals surface area contributed by atoms with Crippen LogP contribution in [0, 0.1) is 0 Å². The van der Waals surface area contributed by atoms with Crippen molar-refractivity contribution in [1.82, 2.24) is 0 Å². The molecule has 0 aliphatic carbocycles. The zero-order chi connectivity index (χ0) is 17.1. The van der Waals surface area contributed by atoms with Crippen molar-refractivity contribution in [3.05, 3.63) is 23.8 Å². The van der Waals surface area contributed by atoms with Crippen LogP contribution in [0.5, 0.6) is 11.5 Å². The third-order valence-electron chi connectivity index (χ3n) is 3.49. The Bertz CT molecular complexity index is 559. The Balaban J connectivity index is 2.28. The number of aliphatic hydroxyl groups is 4. The fourth-order valence-corrected chi connectivity index (χ4v) is 2.21. The number of ether oxygens (including phenoxy) is 3. The van der Waals surface area contributed by atoms with E-state index in [2.05, 4.69) is 4.74 Å². The maximum atomic E-state index is 11.7. The van der Waals surface area contributed by atoms with Crippen LogP contribution >= 0.6 is 0 Å². The lowest BCUT2D eigenvalue weighted by Gasteiger charge is -2.39. The Morgan fingerprint density at radius 2 is 1.91 bits per heavy atom. The smallest absolute Gasteiger partial charge is 0.345 e. The van der Waals surface area contributed by atoms with Crippen molar-refractivity contribution in [3.63, 3.8) is 0 Å². The van der Waals surface area contributed by atoms with Gasteiger partial charge in [0, 0.05) is 0 Å². The number of carbonyl (C=O) groups is 1. The number of hydrogen-bond acceptors (Lipinski definition) is 9. The monoisotopic (exact) mass is 330 g/mol. The second kappa shape index (κ2) is 7.11. The number of hydrogen-bond donors (Lipinski definition) is 5. The second-order valence-corrected chi connectivity index (χ2v) is 4.96. The van der Waals surface area contributed by atoms with Crippen LogP contribution < -0.4 is 4.74 Å². The van der Waals surface area contributed by atoms with Crippen molar-refractivity contribution in [2.75, 3.05) is 13.7 Å². The summed E-state index contributed by atoms with van der Waals surface area (Å²) in [5.41, 5.74) is -0.285. The maximum Gasteiger partial charge on any atom is 0.345 e. The molecule has 0 unspecified atom stereocenters. The molecule has 1 aliphatic rings. The highest BCUT2D eigenvalue weighted by Crippen LogP contribution is 2.31. The molecule has 23 heavy (non-hydrogen) atoms. The molecule has 9 nitrogen and oxygen atoms in total. The molecule has 9 heteroatoms. The molecule has 0 bridgehead atoms. The van der Waals surface area contributed by atoms with E-state index in [0.717, 1.165) is 7.11 Å². The molecular formula is C14H18O9. The number of benzene rings is 1. The number of rotatable bonds is 4. The van der Waals surface area contributed by atoms with Crippen molar-refractivity contribution in [2.45, 2.75) is 30.7 Å². The lowest BCUT2D eigenvalue weighted by Crippen LogP contribution is -2.60. The summed E-state index contributed by atoms with van der Waals surface area (Å²) in [6, 6.07) is 3.96. The third-order valence-corrected chi connectivity index (χ3v) is 3.49. The van der Waals surface area contributed by atoms with Crippen LogP contribution in [-0.4, -0.2) is 75.9 Å². The molecule has 1 aliphatic heterocycles. The molecule has 5 atom stereocenters. The van der Waals surface area contributed by atoms with Gasteiger partial charge in [-0.15, -0.1) is 0 Å². The van der Waals surface area contributed by atoms with Crippen molar-refractivity contribution in [1.29, 1.82) is 0 Å². The number of carbonyl (C=O) groups excluding carboxylic acids is 1. The van der Waals surface area contributed by atoms with Gasteiger partial charge in [0.1, 0.15) is 41.5 Å². The third kappa shape index (κ3) is 3.38. The highest BCUT2D eigenvalue weighted by Gasteiger charge is 2.45. The van der Waals surface area contributed by atoms with Crippen LogP contribution in [0.3, 0.4) is 0 Å². The van der Waals surface area contributed by atoms with E-state index in [0.29, 0.717) is 0 Å². The molecule has 5 N–H and O–H groups in total. The molecule has 1 fully saturated rings. The number of methoxy groups -OCH3 is 1. The van der Waals surface area contributed by atoms with E-state index < -0.39 is 49.0 Å². The van der Waals surface area contributed by atoms with Gasteiger partial charge in [-0.2, -0.15) is 0 Å². The summed E-state index contributed by atoms with van der Waals surface area (Å²) in [6.45, 7) is -0.616. The molecule has 0 radical (unpaired) electrons. The number of aliphatic hydroxyl groups excluding tert-OH is 4.